The third-order valence-electron chi connectivity index (χ3n) is 6.54. The van der Waals surface area contributed by atoms with Crippen molar-refractivity contribution in [3.05, 3.63) is 55.4 Å². The van der Waals surface area contributed by atoms with Crippen molar-refractivity contribution in [1.29, 1.82) is 0 Å². The van der Waals surface area contributed by atoms with Crippen LogP contribution in [0.2, 0.25) is 0 Å². The summed E-state index contributed by atoms with van der Waals surface area (Å²) < 4.78 is 10.9. The molecule has 4 rings (SSSR count). The Bertz CT molecular complexity index is 1240. The number of aromatic nitrogens is 3. The van der Waals surface area contributed by atoms with E-state index < -0.39 is 0 Å². The molecule has 1 fully saturated rings. The molecule has 2 heterocycles. The fraction of sp³-hybridized carbons (Fsp3) is 0.357. The molecular formula is C28H35N7O3. The average molecular weight is 518 g/mol. The van der Waals surface area contributed by atoms with Crippen molar-refractivity contribution in [2.24, 2.45) is 0 Å². The van der Waals surface area contributed by atoms with Crippen molar-refractivity contribution in [3.63, 3.8) is 0 Å². The van der Waals surface area contributed by atoms with E-state index in [-0.39, 0.29) is 5.91 Å². The van der Waals surface area contributed by atoms with Crippen LogP contribution in [0.5, 0.6) is 11.5 Å². The number of piperidine rings is 1. The van der Waals surface area contributed by atoms with Crippen molar-refractivity contribution in [2.45, 2.75) is 19.3 Å². The number of carbonyl (C=O) groups is 1. The first kappa shape index (κ1) is 26.9. The number of carbonyl (C=O) groups excluding carboxylic acids is 1. The van der Waals surface area contributed by atoms with Crippen LogP contribution < -0.4 is 25.0 Å². The highest BCUT2D eigenvalue weighted by atomic mass is 16.5. The summed E-state index contributed by atoms with van der Waals surface area (Å²) in [6.45, 7) is 7.62. The molecule has 1 aromatic heterocycles. The maximum absolute atomic E-state index is 12.3. The Morgan fingerprint density at radius 2 is 1.84 bits per heavy atom. The van der Waals surface area contributed by atoms with E-state index in [9.17, 15) is 4.79 Å². The van der Waals surface area contributed by atoms with Gasteiger partial charge in [0.2, 0.25) is 11.9 Å². The fourth-order valence-corrected chi connectivity index (χ4v) is 4.39. The summed E-state index contributed by atoms with van der Waals surface area (Å²) in [5.41, 5.74) is 2.90. The van der Waals surface area contributed by atoms with Crippen molar-refractivity contribution in [1.82, 2.24) is 19.9 Å². The fourth-order valence-electron chi connectivity index (χ4n) is 4.39. The quantitative estimate of drug-likeness (QED) is 0.359. The van der Waals surface area contributed by atoms with Crippen LogP contribution in [0.3, 0.4) is 0 Å². The third-order valence-corrected chi connectivity index (χ3v) is 6.54. The van der Waals surface area contributed by atoms with Gasteiger partial charge in [0.05, 0.1) is 31.3 Å². The van der Waals surface area contributed by atoms with Crippen LogP contribution in [0.25, 0.3) is 11.4 Å². The lowest BCUT2D eigenvalue weighted by Gasteiger charge is -2.30. The first-order valence-electron chi connectivity index (χ1n) is 12.7. The lowest BCUT2D eigenvalue weighted by Crippen LogP contribution is -2.36. The minimum absolute atomic E-state index is 0.297. The predicted molar refractivity (Wildman–Crippen MR) is 150 cm³/mol. The van der Waals surface area contributed by atoms with Crippen LogP contribution in [0.1, 0.15) is 19.3 Å². The number of likely N-dealkylation sites (N-methyl/N-ethyl adjacent to an activating group) is 1. The molecule has 1 amide bonds. The van der Waals surface area contributed by atoms with Gasteiger partial charge in [-0.05, 0) is 62.3 Å². The molecule has 0 saturated carbocycles. The van der Waals surface area contributed by atoms with Gasteiger partial charge >= 0.3 is 0 Å². The number of ether oxygens (including phenoxy) is 2. The second-order valence-corrected chi connectivity index (χ2v) is 9.07. The van der Waals surface area contributed by atoms with Crippen LogP contribution in [0.4, 0.5) is 23.0 Å². The van der Waals surface area contributed by atoms with E-state index in [0.717, 1.165) is 43.2 Å². The summed E-state index contributed by atoms with van der Waals surface area (Å²) in [4.78, 5) is 30.0. The van der Waals surface area contributed by atoms with Gasteiger partial charge in [0.15, 0.2) is 5.82 Å². The largest absolute Gasteiger partial charge is 0.497 e. The summed E-state index contributed by atoms with van der Waals surface area (Å²) in [6.07, 6.45) is 6.50. The van der Waals surface area contributed by atoms with Crippen LogP contribution in [-0.2, 0) is 4.79 Å². The maximum atomic E-state index is 12.3. The molecule has 200 valence electrons. The van der Waals surface area contributed by atoms with Gasteiger partial charge in [0.25, 0.3) is 0 Å². The van der Waals surface area contributed by atoms with Crippen LogP contribution in [0, 0.1) is 0 Å². The number of anilines is 4. The standard InChI is InChI=1S/C28H35N7O3/c1-5-26(36)31-22-17-23(25(38-4)18-24(22)34(2)15-16-35-13-7-6-8-14-35)32-28-30-19-29-27(33-28)20-9-11-21(37-3)12-10-20/h5,9-12,17-19H,1,6-8,13-16H2,2-4H3,(H,31,36)(H,29,30,32,33). The van der Waals surface area contributed by atoms with Crippen LogP contribution >= 0.6 is 0 Å². The van der Waals surface area contributed by atoms with Gasteiger partial charge in [0.1, 0.15) is 17.8 Å². The Morgan fingerprint density at radius 3 is 2.53 bits per heavy atom. The smallest absolute Gasteiger partial charge is 0.247 e. The minimum atomic E-state index is -0.297. The Hall–Kier alpha value is -4.18. The second kappa shape index (κ2) is 12.9. The summed E-state index contributed by atoms with van der Waals surface area (Å²) in [5.74, 6) is 1.90. The number of methoxy groups -OCH3 is 2. The van der Waals surface area contributed by atoms with Gasteiger partial charge in [-0.15, -0.1) is 0 Å². The monoisotopic (exact) mass is 517 g/mol. The zero-order valence-corrected chi connectivity index (χ0v) is 22.2. The number of hydrogen-bond donors (Lipinski definition) is 2. The lowest BCUT2D eigenvalue weighted by molar-refractivity contribution is -0.111. The van der Waals surface area contributed by atoms with E-state index >= 15 is 0 Å². The van der Waals surface area contributed by atoms with Crippen LogP contribution in [0.15, 0.2) is 55.4 Å². The third kappa shape index (κ3) is 6.77. The zero-order chi connectivity index (χ0) is 26.9. The van der Waals surface area contributed by atoms with Crippen molar-refractivity contribution in [2.75, 3.05) is 63.0 Å². The number of nitrogens with zero attached hydrogens (tertiary/aromatic N) is 5. The van der Waals surface area contributed by atoms with Crippen molar-refractivity contribution in [3.8, 4) is 22.9 Å². The summed E-state index contributed by atoms with van der Waals surface area (Å²) in [5, 5.41) is 6.15. The van der Waals surface area contributed by atoms with Gasteiger partial charge in [-0.3, -0.25) is 4.79 Å². The summed E-state index contributed by atoms with van der Waals surface area (Å²) in [6, 6.07) is 11.2. The first-order valence-corrected chi connectivity index (χ1v) is 12.7. The molecule has 10 heteroatoms. The molecule has 10 nitrogen and oxygen atoms in total. The molecule has 0 radical (unpaired) electrons. The van der Waals surface area contributed by atoms with E-state index in [4.69, 9.17) is 9.47 Å². The summed E-state index contributed by atoms with van der Waals surface area (Å²) in [7, 11) is 5.25. The average Bonchev–Trinajstić information content (AvgIpc) is 2.96. The Balaban J connectivity index is 1.59. The molecule has 0 atom stereocenters. The van der Waals surface area contributed by atoms with Gasteiger partial charge in [-0.2, -0.15) is 4.98 Å². The Morgan fingerprint density at radius 1 is 1.08 bits per heavy atom. The molecule has 2 N–H and O–H groups in total. The number of rotatable bonds is 11. The van der Waals surface area contributed by atoms with E-state index in [1.54, 1.807) is 14.2 Å². The summed E-state index contributed by atoms with van der Waals surface area (Å²) >= 11 is 0. The van der Waals surface area contributed by atoms with E-state index in [1.807, 2.05) is 43.4 Å². The number of benzene rings is 2. The highest BCUT2D eigenvalue weighted by Gasteiger charge is 2.18. The Kier molecular flexibility index (Phi) is 9.10. The van der Waals surface area contributed by atoms with E-state index in [0.29, 0.717) is 28.9 Å². The molecule has 2 aromatic carbocycles. The number of amides is 1. The molecule has 0 spiro atoms. The molecule has 1 saturated heterocycles. The SMILES string of the molecule is C=CC(=O)Nc1cc(Nc2ncnc(-c3ccc(OC)cc3)n2)c(OC)cc1N(C)CCN1CCCCC1. The number of hydrogen-bond acceptors (Lipinski definition) is 9. The topological polar surface area (TPSA) is 105 Å². The van der Waals surface area contributed by atoms with E-state index in [1.165, 1.54) is 31.7 Å². The highest BCUT2D eigenvalue weighted by molar-refractivity contribution is 6.02. The molecule has 3 aromatic rings. The minimum Gasteiger partial charge on any atom is -0.497 e. The lowest BCUT2D eigenvalue weighted by atomic mass is 10.1. The molecule has 1 aliphatic heterocycles. The second-order valence-electron chi connectivity index (χ2n) is 9.07. The van der Waals surface area contributed by atoms with Crippen LogP contribution in [-0.4, -0.2) is 73.2 Å². The highest BCUT2D eigenvalue weighted by Crippen LogP contribution is 2.38. The molecule has 0 unspecified atom stereocenters. The molecule has 38 heavy (non-hydrogen) atoms. The molecular weight excluding hydrogens is 482 g/mol. The predicted octanol–water partition coefficient (Wildman–Crippen LogP) is 4.35. The first-order chi connectivity index (χ1) is 18.5. The molecule has 0 bridgehead atoms. The zero-order valence-electron chi connectivity index (χ0n) is 22.2. The number of likely N-dealkylation sites (tertiary alicyclic amines) is 1. The van der Waals surface area contributed by atoms with E-state index in [2.05, 4.69) is 42.0 Å². The van der Waals surface area contributed by atoms with Gasteiger partial charge in [-0.1, -0.05) is 13.0 Å². The normalized spacial score (nSPS) is 13.4. The Labute approximate surface area is 223 Å². The molecule has 1 aliphatic rings. The van der Waals surface area contributed by atoms with Gasteiger partial charge < -0.3 is 29.9 Å². The number of nitrogens with one attached hydrogen (secondary N) is 2. The van der Waals surface area contributed by atoms with Crippen molar-refractivity contribution >= 4 is 28.9 Å². The van der Waals surface area contributed by atoms with Crippen molar-refractivity contribution < 1.29 is 14.3 Å². The van der Waals surface area contributed by atoms with Gasteiger partial charge in [-0.25, -0.2) is 9.97 Å². The van der Waals surface area contributed by atoms with Gasteiger partial charge in [0, 0.05) is 31.8 Å². The maximum Gasteiger partial charge on any atom is 0.247 e. The molecule has 0 aliphatic carbocycles.